The molecule has 0 saturated heterocycles. The normalized spacial score (nSPS) is 19.3. The number of halogens is 2. The number of fused-ring (bicyclic) bond motifs is 1. The van der Waals surface area contributed by atoms with Gasteiger partial charge in [0.25, 0.3) is 0 Å². The maximum Gasteiger partial charge on any atom is 0.223 e. The van der Waals surface area contributed by atoms with E-state index < -0.39 is 10.0 Å². The van der Waals surface area contributed by atoms with Crippen molar-refractivity contribution in [3.8, 4) is 0 Å². The van der Waals surface area contributed by atoms with Crippen LogP contribution in [0.1, 0.15) is 25.7 Å². The van der Waals surface area contributed by atoms with E-state index >= 15 is 0 Å². The van der Waals surface area contributed by atoms with E-state index in [4.69, 9.17) is 23.2 Å². The van der Waals surface area contributed by atoms with Crippen molar-refractivity contribution in [2.45, 2.75) is 37.8 Å². The summed E-state index contributed by atoms with van der Waals surface area (Å²) < 4.78 is 25.5. The van der Waals surface area contributed by atoms with Crippen molar-refractivity contribution < 1.29 is 8.42 Å². The topological polar surface area (TPSA) is 122 Å². The van der Waals surface area contributed by atoms with Gasteiger partial charge in [0.05, 0.1) is 22.5 Å². The van der Waals surface area contributed by atoms with E-state index in [1.54, 1.807) is 24.4 Å². The molecule has 2 heterocycles. The highest BCUT2D eigenvalue weighted by Crippen LogP contribution is 2.28. The molecule has 0 radical (unpaired) electrons. The average molecular weight is 482 g/mol. The number of nitrogens with zero attached hydrogens (tertiary/aromatic N) is 4. The fourth-order valence-electron chi connectivity index (χ4n) is 3.57. The summed E-state index contributed by atoms with van der Waals surface area (Å²) in [6, 6.07) is 5.34. The standard InChI is InChI=1S/C19H21Cl2N7O2S/c1-31(29,30)28-12-4-2-11(3-5-12)26-19-22-9-16-17(27-19)18(24-10-23-16)25-13-6-7-14(20)15(21)8-13/h6-12,28H,2-5H2,1H3,(H,22,26,27)(H,23,24,25)/t11-,12-. The highest BCUT2D eigenvalue weighted by Gasteiger charge is 2.23. The summed E-state index contributed by atoms with van der Waals surface area (Å²) >= 11 is 12.1. The molecular weight excluding hydrogens is 461 g/mol. The van der Waals surface area contributed by atoms with Crippen LogP contribution in [-0.2, 0) is 10.0 Å². The molecule has 0 spiro atoms. The van der Waals surface area contributed by atoms with Gasteiger partial charge in [-0.2, -0.15) is 0 Å². The fourth-order valence-corrected chi connectivity index (χ4v) is 4.71. The first-order valence-electron chi connectivity index (χ1n) is 9.70. The molecule has 31 heavy (non-hydrogen) atoms. The third-order valence-electron chi connectivity index (χ3n) is 5.00. The van der Waals surface area contributed by atoms with Crippen molar-refractivity contribution in [3.05, 3.63) is 40.8 Å². The van der Waals surface area contributed by atoms with Crippen LogP contribution in [0.15, 0.2) is 30.7 Å². The molecule has 0 aliphatic heterocycles. The summed E-state index contributed by atoms with van der Waals surface area (Å²) in [5.74, 6) is 0.994. The molecule has 3 N–H and O–H groups in total. The van der Waals surface area contributed by atoms with Gasteiger partial charge in [0.2, 0.25) is 16.0 Å². The van der Waals surface area contributed by atoms with E-state index in [2.05, 4.69) is 35.3 Å². The first-order valence-corrected chi connectivity index (χ1v) is 12.4. The maximum absolute atomic E-state index is 11.4. The average Bonchev–Trinajstić information content (AvgIpc) is 2.72. The summed E-state index contributed by atoms with van der Waals surface area (Å²) in [4.78, 5) is 17.5. The molecule has 1 saturated carbocycles. The largest absolute Gasteiger partial charge is 0.351 e. The van der Waals surface area contributed by atoms with Gasteiger partial charge in [0.15, 0.2) is 5.82 Å². The van der Waals surface area contributed by atoms with Gasteiger partial charge in [-0.15, -0.1) is 0 Å². The Labute approximate surface area is 190 Å². The number of aromatic nitrogens is 4. The van der Waals surface area contributed by atoms with Crippen LogP contribution in [0.3, 0.4) is 0 Å². The monoisotopic (exact) mass is 481 g/mol. The van der Waals surface area contributed by atoms with Gasteiger partial charge < -0.3 is 10.6 Å². The molecule has 0 bridgehead atoms. The van der Waals surface area contributed by atoms with Crippen LogP contribution in [0, 0.1) is 0 Å². The zero-order valence-corrected chi connectivity index (χ0v) is 19.0. The van der Waals surface area contributed by atoms with E-state index in [9.17, 15) is 8.42 Å². The first kappa shape index (κ1) is 21.9. The molecule has 2 aromatic heterocycles. The lowest BCUT2D eigenvalue weighted by molar-refractivity contribution is 0.387. The summed E-state index contributed by atoms with van der Waals surface area (Å²) in [6.45, 7) is 0. The van der Waals surface area contributed by atoms with Crippen molar-refractivity contribution in [1.82, 2.24) is 24.7 Å². The fraction of sp³-hybridized carbons (Fsp3) is 0.368. The number of hydrogen-bond donors (Lipinski definition) is 3. The summed E-state index contributed by atoms with van der Waals surface area (Å²) in [7, 11) is -3.19. The lowest BCUT2D eigenvalue weighted by Gasteiger charge is -2.29. The predicted molar refractivity (Wildman–Crippen MR) is 123 cm³/mol. The summed E-state index contributed by atoms with van der Waals surface area (Å²) in [5.41, 5.74) is 1.89. The molecule has 1 fully saturated rings. The number of hydrogen-bond acceptors (Lipinski definition) is 8. The lowest BCUT2D eigenvalue weighted by atomic mass is 9.92. The second kappa shape index (κ2) is 9.07. The van der Waals surface area contributed by atoms with E-state index in [0.29, 0.717) is 32.8 Å². The van der Waals surface area contributed by atoms with E-state index in [-0.39, 0.29) is 12.1 Å². The quantitative estimate of drug-likeness (QED) is 0.486. The molecule has 0 amide bonds. The Kier molecular flexibility index (Phi) is 6.42. The van der Waals surface area contributed by atoms with Crippen molar-refractivity contribution >= 4 is 61.7 Å². The van der Waals surface area contributed by atoms with Gasteiger partial charge in [-0.25, -0.2) is 33.1 Å². The van der Waals surface area contributed by atoms with E-state index in [1.807, 2.05) is 0 Å². The Bertz CT molecular complexity index is 1200. The van der Waals surface area contributed by atoms with Crippen LogP contribution in [0.25, 0.3) is 11.0 Å². The van der Waals surface area contributed by atoms with Crippen LogP contribution in [0.5, 0.6) is 0 Å². The van der Waals surface area contributed by atoms with Crippen LogP contribution in [-0.4, -0.2) is 46.7 Å². The van der Waals surface area contributed by atoms with Crippen LogP contribution >= 0.6 is 23.2 Å². The molecule has 1 aliphatic carbocycles. The molecular formula is C19H21Cl2N7O2S. The SMILES string of the molecule is CS(=O)(=O)N[C@H]1CC[C@H](Nc2ncc3ncnc(Nc4ccc(Cl)c(Cl)c4)c3n2)CC1. The van der Waals surface area contributed by atoms with Crippen molar-refractivity contribution in [3.63, 3.8) is 0 Å². The van der Waals surface area contributed by atoms with Gasteiger partial charge in [0.1, 0.15) is 17.4 Å². The second-order valence-corrected chi connectivity index (χ2v) is 10.1. The summed E-state index contributed by atoms with van der Waals surface area (Å²) in [5, 5.41) is 7.44. The molecule has 9 nitrogen and oxygen atoms in total. The van der Waals surface area contributed by atoms with Crippen molar-refractivity contribution in [2.24, 2.45) is 0 Å². The minimum atomic E-state index is -3.19. The Morgan fingerprint density at radius 3 is 2.45 bits per heavy atom. The smallest absolute Gasteiger partial charge is 0.223 e. The minimum Gasteiger partial charge on any atom is -0.351 e. The van der Waals surface area contributed by atoms with Gasteiger partial charge in [-0.05, 0) is 43.9 Å². The highest BCUT2D eigenvalue weighted by atomic mass is 35.5. The van der Waals surface area contributed by atoms with Crippen LogP contribution in [0.2, 0.25) is 10.0 Å². The molecule has 0 unspecified atom stereocenters. The van der Waals surface area contributed by atoms with Gasteiger partial charge >= 0.3 is 0 Å². The van der Waals surface area contributed by atoms with E-state index in [1.165, 1.54) is 12.6 Å². The van der Waals surface area contributed by atoms with E-state index in [0.717, 1.165) is 31.4 Å². The van der Waals surface area contributed by atoms with Crippen molar-refractivity contribution in [2.75, 3.05) is 16.9 Å². The number of anilines is 3. The number of sulfonamides is 1. The third kappa shape index (κ3) is 5.70. The number of benzene rings is 1. The molecule has 12 heteroatoms. The third-order valence-corrected chi connectivity index (χ3v) is 6.50. The zero-order chi connectivity index (χ0) is 22.0. The van der Waals surface area contributed by atoms with Gasteiger partial charge in [0, 0.05) is 17.8 Å². The number of rotatable bonds is 6. The molecule has 164 valence electrons. The molecule has 3 aromatic rings. The molecule has 0 atom stereocenters. The first-order chi connectivity index (χ1) is 14.8. The predicted octanol–water partition coefficient (Wildman–Crippen LogP) is 3.74. The van der Waals surface area contributed by atoms with Gasteiger partial charge in [-0.1, -0.05) is 23.2 Å². The Morgan fingerprint density at radius 2 is 1.74 bits per heavy atom. The Morgan fingerprint density at radius 1 is 1.00 bits per heavy atom. The molecule has 1 aliphatic rings. The Hall–Kier alpha value is -2.27. The lowest BCUT2D eigenvalue weighted by Crippen LogP contribution is -2.39. The maximum atomic E-state index is 11.4. The second-order valence-electron chi connectivity index (χ2n) is 7.49. The van der Waals surface area contributed by atoms with Crippen LogP contribution < -0.4 is 15.4 Å². The molecule has 1 aromatic carbocycles. The van der Waals surface area contributed by atoms with Gasteiger partial charge in [-0.3, -0.25) is 0 Å². The molecule has 4 rings (SSSR count). The van der Waals surface area contributed by atoms with Crippen LogP contribution in [0.4, 0.5) is 17.5 Å². The zero-order valence-electron chi connectivity index (χ0n) is 16.6. The Balaban J connectivity index is 1.49. The highest BCUT2D eigenvalue weighted by molar-refractivity contribution is 7.88. The minimum absolute atomic E-state index is 0.0269. The van der Waals surface area contributed by atoms with Crippen molar-refractivity contribution in [1.29, 1.82) is 0 Å². The summed E-state index contributed by atoms with van der Waals surface area (Å²) in [6.07, 6.45) is 7.41. The number of nitrogens with one attached hydrogen (secondary N) is 3.